The van der Waals surface area contributed by atoms with Crippen molar-refractivity contribution >= 4 is 17.2 Å². The average molecular weight is 304 g/mol. The molecule has 1 aliphatic rings. The molecule has 112 valence electrons. The number of aryl methyl sites for hydroxylation is 1. The summed E-state index contributed by atoms with van der Waals surface area (Å²) in [4.78, 5) is 21.0. The Morgan fingerprint density at radius 1 is 1.57 bits per heavy atom. The van der Waals surface area contributed by atoms with Gasteiger partial charge in [0.1, 0.15) is 5.82 Å². The normalized spacial score (nSPS) is 17.8. The van der Waals surface area contributed by atoms with E-state index in [0.717, 1.165) is 35.9 Å². The second-order valence-corrected chi connectivity index (χ2v) is 6.70. The van der Waals surface area contributed by atoms with Gasteiger partial charge in [-0.25, -0.2) is 9.97 Å². The standard InChI is InChI=1S/C15H20N4OS/c1-10(2)15-18-12(9-21-15)7-14(20)17-11-3-4-13-16-5-6-19(13)8-11/h5-6,9-11H,3-4,7-8H2,1-2H3,(H,17,20)/t11-/m1/s1. The van der Waals surface area contributed by atoms with Gasteiger partial charge in [-0.3, -0.25) is 4.79 Å². The van der Waals surface area contributed by atoms with E-state index in [1.807, 2.05) is 17.8 Å². The molecule has 0 saturated heterocycles. The molecular formula is C15H20N4OS. The number of rotatable bonds is 4. The van der Waals surface area contributed by atoms with Gasteiger partial charge in [0.05, 0.1) is 17.1 Å². The largest absolute Gasteiger partial charge is 0.351 e. The van der Waals surface area contributed by atoms with Crippen LogP contribution in [0.5, 0.6) is 0 Å². The van der Waals surface area contributed by atoms with Crippen molar-refractivity contribution in [3.05, 3.63) is 34.3 Å². The van der Waals surface area contributed by atoms with Crippen LogP contribution in [-0.2, 0) is 24.2 Å². The van der Waals surface area contributed by atoms with E-state index in [0.29, 0.717) is 12.3 Å². The summed E-state index contributed by atoms with van der Waals surface area (Å²) in [5, 5.41) is 6.20. The first-order valence-electron chi connectivity index (χ1n) is 7.35. The van der Waals surface area contributed by atoms with E-state index in [1.54, 1.807) is 11.3 Å². The van der Waals surface area contributed by atoms with Gasteiger partial charge in [-0.15, -0.1) is 11.3 Å². The summed E-state index contributed by atoms with van der Waals surface area (Å²) in [5.74, 6) is 1.59. The zero-order valence-electron chi connectivity index (χ0n) is 12.4. The number of carbonyl (C=O) groups is 1. The maximum atomic E-state index is 12.1. The van der Waals surface area contributed by atoms with Crippen molar-refractivity contribution in [2.24, 2.45) is 0 Å². The number of thiazole rings is 1. The molecule has 0 unspecified atom stereocenters. The highest BCUT2D eigenvalue weighted by Gasteiger charge is 2.20. The van der Waals surface area contributed by atoms with Crippen LogP contribution in [-0.4, -0.2) is 26.5 Å². The Morgan fingerprint density at radius 3 is 3.19 bits per heavy atom. The summed E-state index contributed by atoms with van der Waals surface area (Å²) in [6.07, 6.45) is 6.05. The predicted octanol–water partition coefficient (Wildman–Crippen LogP) is 2.14. The Morgan fingerprint density at radius 2 is 2.43 bits per heavy atom. The summed E-state index contributed by atoms with van der Waals surface area (Å²) in [6, 6.07) is 0.197. The van der Waals surface area contributed by atoms with Gasteiger partial charge in [-0.1, -0.05) is 13.8 Å². The average Bonchev–Trinajstić information content (AvgIpc) is 3.06. The minimum atomic E-state index is 0.0594. The SMILES string of the molecule is CC(C)c1nc(CC(=O)N[C@@H]2CCc3nccn3C2)cs1. The number of amides is 1. The van der Waals surface area contributed by atoms with Crippen LogP contribution in [0.3, 0.4) is 0 Å². The maximum Gasteiger partial charge on any atom is 0.226 e. The predicted molar refractivity (Wildman–Crippen MR) is 82.4 cm³/mol. The van der Waals surface area contributed by atoms with Gasteiger partial charge >= 0.3 is 0 Å². The van der Waals surface area contributed by atoms with E-state index in [9.17, 15) is 4.79 Å². The molecule has 5 nitrogen and oxygen atoms in total. The zero-order chi connectivity index (χ0) is 14.8. The third kappa shape index (κ3) is 3.32. The van der Waals surface area contributed by atoms with E-state index in [-0.39, 0.29) is 11.9 Å². The minimum Gasteiger partial charge on any atom is -0.351 e. The fourth-order valence-corrected chi connectivity index (χ4v) is 3.43. The Balaban J connectivity index is 1.55. The number of aromatic nitrogens is 3. The van der Waals surface area contributed by atoms with Crippen LogP contribution in [0.1, 0.15) is 42.7 Å². The smallest absolute Gasteiger partial charge is 0.226 e. The maximum absolute atomic E-state index is 12.1. The molecule has 1 N–H and O–H groups in total. The highest BCUT2D eigenvalue weighted by Crippen LogP contribution is 2.19. The van der Waals surface area contributed by atoms with Gasteiger partial charge in [-0.2, -0.15) is 0 Å². The molecule has 0 spiro atoms. The van der Waals surface area contributed by atoms with Crippen LogP contribution in [0.4, 0.5) is 0 Å². The van der Waals surface area contributed by atoms with Gasteiger partial charge in [-0.05, 0) is 6.42 Å². The van der Waals surface area contributed by atoms with Gasteiger partial charge in [0, 0.05) is 42.7 Å². The molecule has 0 aliphatic carbocycles. The first kappa shape index (κ1) is 14.3. The summed E-state index contributed by atoms with van der Waals surface area (Å²) < 4.78 is 2.12. The van der Waals surface area contributed by atoms with Crippen LogP contribution < -0.4 is 5.32 Å². The molecule has 0 saturated carbocycles. The molecule has 0 radical (unpaired) electrons. The number of nitrogens with one attached hydrogen (secondary N) is 1. The third-order valence-electron chi connectivity index (χ3n) is 3.71. The molecular weight excluding hydrogens is 284 g/mol. The number of nitrogens with zero attached hydrogens (tertiary/aromatic N) is 3. The molecule has 0 fully saturated rings. The molecule has 1 aliphatic heterocycles. The zero-order valence-corrected chi connectivity index (χ0v) is 13.2. The van der Waals surface area contributed by atoms with Crippen LogP contribution >= 0.6 is 11.3 Å². The van der Waals surface area contributed by atoms with E-state index in [1.165, 1.54) is 0 Å². The van der Waals surface area contributed by atoms with Crippen molar-refractivity contribution < 1.29 is 4.79 Å². The van der Waals surface area contributed by atoms with Crippen LogP contribution in [0.15, 0.2) is 17.8 Å². The van der Waals surface area contributed by atoms with Crippen LogP contribution in [0, 0.1) is 0 Å². The molecule has 2 aromatic rings. The number of carbonyl (C=O) groups excluding carboxylic acids is 1. The fraction of sp³-hybridized carbons (Fsp3) is 0.533. The lowest BCUT2D eigenvalue weighted by Gasteiger charge is -2.24. The Bertz CT molecular complexity index is 631. The van der Waals surface area contributed by atoms with Crippen molar-refractivity contribution in [2.75, 3.05) is 0 Å². The van der Waals surface area contributed by atoms with Gasteiger partial charge in [0.15, 0.2) is 0 Å². The molecule has 21 heavy (non-hydrogen) atoms. The Labute approximate surface area is 128 Å². The molecule has 2 aromatic heterocycles. The number of hydrogen-bond acceptors (Lipinski definition) is 4. The van der Waals surface area contributed by atoms with Crippen molar-refractivity contribution in [1.82, 2.24) is 19.9 Å². The lowest BCUT2D eigenvalue weighted by atomic mass is 10.1. The quantitative estimate of drug-likeness (QED) is 0.941. The molecule has 0 bridgehead atoms. The second kappa shape index (κ2) is 5.97. The minimum absolute atomic E-state index is 0.0594. The van der Waals surface area contributed by atoms with E-state index >= 15 is 0 Å². The molecule has 3 heterocycles. The van der Waals surface area contributed by atoms with E-state index in [4.69, 9.17) is 0 Å². The topological polar surface area (TPSA) is 59.8 Å². The number of fused-ring (bicyclic) bond motifs is 1. The highest BCUT2D eigenvalue weighted by molar-refractivity contribution is 7.09. The number of imidazole rings is 1. The summed E-state index contributed by atoms with van der Waals surface area (Å²) in [6.45, 7) is 5.05. The van der Waals surface area contributed by atoms with Crippen LogP contribution in [0.2, 0.25) is 0 Å². The fourth-order valence-electron chi connectivity index (χ4n) is 2.60. The Kier molecular flexibility index (Phi) is 4.05. The number of hydrogen-bond donors (Lipinski definition) is 1. The Hall–Kier alpha value is -1.69. The summed E-state index contributed by atoms with van der Waals surface area (Å²) in [7, 11) is 0. The summed E-state index contributed by atoms with van der Waals surface area (Å²) >= 11 is 1.63. The second-order valence-electron chi connectivity index (χ2n) is 5.81. The van der Waals surface area contributed by atoms with Gasteiger partial charge < -0.3 is 9.88 Å². The van der Waals surface area contributed by atoms with Gasteiger partial charge in [0.2, 0.25) is 5.91 Å². The van der Waals surface area contributed by atoms with Gasteiger partial charge in [0.25, 0.3) is 0 Å². The monoisotopic (exact) mass is 304 g/mol. The van der Waals surface area contributed by atoms with Crippen molar-refractivity contribution in [2.45, 2.75) is 51.6 Å². The molecule has 6 heteroatoms. The third-order valence-corrected chi connectivity index (χ3v) is 4.90. The van der Waals surface area contributed by atoms with Crippen LogP contribution in [0.25, 0.3) is 0 Å². The molecule has 1 amide bonds. The van der Waals surface area contributed by atoms with E-state index < -0.39 is 0 Å². The lowest BCUT2D eigenvalue weighted by Crippen LogP contribution is -2.41. The first-order chi connectivity index (χ1) is 10.1. The summed E-state index contributed by atoms with van der Waals surface area (Å²) in [5.41, 5.74) is 0.875. The molecule has 1 atom stereocenters. The molecule has 3 rings (SSSR count). The first-order valence-corrected chi connectivity index (χ1v) is 8.23. The van der Waals surface area contributed by atoms with Crippen molar-refractivity contribution in [3.63, 3.8) is 0 Å². The lowest BCUT2D eigenvalue weighted by molar-refractivity contribution is -0.121. The van der Waals surface area contributed by atoms with Crippen molar-refractivity contribution in [1.29, 1.82) is 0 Å². The highest BCUT2D eigenvalue weighted by atomic mass is 32.1. The van der Waals surface area contributed by atoms with Crippen molar-refractivity contribution in [3.8, 4) is 0 Å². The van der Waals surface area contributed by atoms with E-state index in [2.05, 4.69) is 33.7 Å². The molecule has 0 aromatic carbocycles.